The number of pyridine rings is 1. The van der Waals surface area contributed by atoms with Crippen molar-refractivity contribution in [2.45, 2.75) is 45.8 Å². The molecule has 0 aliphatic carbocycles. The summed E-state index contributed by atoms with van der Waals surface area (Å²) in [7, 11) is 0. The summed E-state index contributed by atoms with van der Waals surface area (Å²) >= 11 is 5.83. The molecule has 2 aliphatic rings. The number of hydrogen-bond acceptors (Lipinski definition) is 4. The SMILES string of the molecule is CC(C)(C)OC(=O)N1CC2(CCN(Cc3ccc(Cl)nc3)CC2)C1. The first kappa shape index (κ1) is 17.5. The highest BCUT2D eigenvalue weighted by Gasteiger charge is 2.47. The van der Waals surface area contributed by atoms with Crippen molar-refractivity contribution in [3.05, 3.63) is 29.0 Å². The van der Waals surface area contributed by atoms with Gasteiger partial charge in [-0.05, 0) is 58.3 Å². The van der Waals surface area contributed by atoms with E-state index in [1.54, 1.807) is 0 Å². The molecule has 1 amide bonds. The summed E-state index contributed by atoms with van der Waals surface area (Å²) < 4.78 is 5.44. The van der Waals surface area contributed by atoms with Crippen LogP contribution in [0.15, 0.2) is 18.3 Å². The summed E-state index contributed by atoms with van der Waals surface area (Å²) in [6, 6.07) is 3.88. The van der Waals surface area contributed by atoms with Gasteiger partial charge >= 0.3 is 6.09 Å². The van der Waals surface area contributed by atoms with Gasteiger partial charge in [0.25, 0.3) is 0 Å². The number of likely N-dealkylation sites (tertiary alicyclic amines) is 2. The van der Waals surface area contributed by atoms with E-state index in [-0.39, 0.29) is 6.09 Å². The molecule has 3 heterocycles. The van der Waals surface area contributed by atoms with Crippen LogP contribution in [0, 0.1) is 5.41 Å². The second-order valence-electron chi connectivity index (χ2n) is 8.10. The van der Waals surface area contributed by atoms with Gasteiger partial charge in [-0.1, -0.05) is 17.7 Å². The second kappa shape index (κ2) is 6.52. The van der Waals surface area contributed by atoms with Gasteiger partial charge in [-0.25, -0.2) is 9.78 Å². The van der Waals surface area contributed by atoms with Crippen LogP contribution in [0.5, 0.6) is 0 Å². The summed E-state index contributed by atoms with van der Waals surface area (Å²) in [5.74, 6) is 0. The van der Waals surface area contributed by atoms with E-state index in [4.69, 9.17) is 16.3 Å². The van der Waals surface area contributed by atoms with Crippen LogP contribution in [0.2, 0.25) is 5.15 Å². The molecular formula is C18H26ClN3O2. The van der Waals surface area contributed by atoms with Crippen LogP contribution in [-0.2, 0) is 11.3 Å². The standard InChI is InChI=1S/C18H26ClN3O2/c1-17(2,3)24-16(23)22-12-18(13-22)6-8-21(9-7-18)11-14-4-5-15(19)20-10-14/h4-5,10H,6-9,11-13H2,1-3H3. The number of ether oxygens (including phenoxy) is 1. The molecule has 2 aliphatic heterocycles. The molecule has 6 heteroatoms. The third kappa shape index (κ3) is 4.19. The second-order valence-corrected chi connectivity index (χ2v) is 8.49. The lowest BCUT2D eigenvalue weighted by molar-refractivity contribution is -0.0601. The maximum atomic E-state index is 12.1. The minimum Gasteiger partial charge on any atom is -0.444 e. The molecular weight excluding hydrogens is 326 g/mol. The Hall–Kier alpha value is -1.33. The van der Waals surface area contributed by atoms with Crippen LogP contribution in [0.4, 0.5) is 4.79 Å². The Balaban J connectivity index is 1.45. The molecule has 0 aromatic carbocycles. The smallest absolute Gasteiger partial charge is 0.410 e. The minimum atomic E-state index is -0.421. The fourth-order valence-electron chi connectivity index (χ4n) is 3.48. The fourth-order valence-corrected chi connectivity index (χ4v) is 3.59. The van der Waals surface area contributed by atoms with Gasteiger partial charge in [0.05, 0.1) is 0 Å². The molecule has 2 saturated heterocycles. The van der Waals surface area contributed by atoms with E-state index in [0.717, 1.165) is 45.6 Å². The average molecular weight is 352 g/mol. The highest BCUT2D eigenvalue weighted by atomic mass is 35.5. The zero-order valence-corrected chi connectivity index (χ0v) is 15.5. The first-order valence-electron chi connectivity index (χ1n) is 8.56. The minimum absolute atomic E-state index is 0.178. The molecule has 1 spiro atoms. The van der Waals surface area contributed by atoms with Crippen LogP contribution in [0.3, 0.4) is 0 Å². The molecule has 3 rings (SSSR count). The molecule has 0 radical (unpaired) electrons. The van der Waals surface area contributed by atoms with Gasteiger partial charge in [-0.2, -0.15) is 0 Å². The maximum absolute atomic E-state index is 12.1. The number of nitrogens with zero attached hydrogens (tertiary/aromatic N) is 3. The maximum Gasteiger partial charge on any atom is 0.410 e. The van der Waals surface area contributed by atoms with Crippen molar-refractivity contribution in [2.24, 2.45) is 5.41 Å². The number of halogens is 1. The Kier molecular flexibility index (Phi) is 4.76. The van der Waals surface area contributed by atoms with E-state index in [1.165, 1.54) is 5.56 Å². The molecule has 1 aromatic rings. The first-order valence-corrected chi connectivity index (χ1v) is 8.93. The van der Waals surface area contributed by atoms with Gasteiger partial charge in [0.15, 0.2) is 0 Å². The molecule has 1 aromatic heterocycles. The van der Waals surface area contributed by atoms with Gasteiger partial charge in [-0.15, -0.1) is 0 Å². The zero-order chi connectivity index (χ0) is 17.4. The summed E-state index contributed by atoms with van der Waals surface area (Å²) in [4.78, 5) is 20.5. The van der Waals surface area contributed by atoms with Gasteiger partial charge in [0, 0.05) is 31.2 Å². The van der Waals surface area contributed by atoms with E-state index in [2.05, 4.69) is 9.88 Å². The molecule has 0 bridgehead atoms. The number of carbonyl (C=O) groups excluding carboxylic acids is 1. The van der Waals surface area contributed by atoms with Crippen molar-refractivity contribution < 1.29 is 9.53 Å². The summed E-state index contributed by atoms with van der Waals surface area (Å²) in [6.45, 7) is 10.4. The van der Waals surface area contributed by atoms with E-state index in [0.29, 0.717) is 10.6 Å². The zero-order valence-electron chi connectivity index (χ0n) is 14.7. The Morgan fingerprint density at radius 1 is 1.29 bits per heavy atom. The fraction of sp³-hybridized carbons (Fsp3) is 0.667. The molecule has 0 atom stereocenters. The van der Waals surface area contributed by atoms with Crippen LogP contribution in [0.25, 0.3) is 0 Å². The van der Waals surface area contributed by atoms with E-state index < -0.39 is 5.60 Å². The first-order chi connectivity index (χ1) is 11.2. The Bertz CT molecular complexity index is 581. The normalized spacial score (nSPS) is 20.8. The topological polar surface area (TPSA) is 45.7 Å². The Morgan fingerprint density at radius 3 is 2.50 bits per heavy atom. The van der Waals surface area contributed by atoms with Gasteiger partial charge in [0.2, 0.25) is 0 Å². The summed E-state index contributed by atoms with van der Waals surface area (Å²) in [5.41, 5.74) is 1.07. The highest BCUT2D eigenvalue weighted by molar-refractivity contribution is 6.29. The average Bonchev–Trinajstić information content (AvgIpc) is 2.46. The number of rotatable bonds is 2. The predicted octanol–water partition coefficient (Wildman–Crippen LogP) is 3.57. The van der Waals surface area contributed by atoms with Gasteiger partial charge < -0.3 is 9.64 Å². The number of piperidine rings is 1. The van der Waals surface area contributed by atoms with Crippen molar-refractivity contribution in [1.82, 2.24) is 14.8 Å². The lowest BCUT2D eigenvalue weighted by atomic mass is 9.72. The van der Waals surface area contributed by atoms with E-state index in [1.807, 2.05) is 44.0 Å². The quantitative estimate of drug-likeness (QED) is 0.764. The van der Waals surface area contributed by atoms with Crippen molar-refractivity contribution in [3.8, 4) is 0 Å². The van der Waals surface area contributed by atoms with Crippen LogP contribution >= 0.6 is 11.6 Å². The number of amides is 1. The molecule has 5 nitrogen and oxygen atoms in total. The molecule has 24 heavy (non-hydrogen) atoms. The van der Waals surface area contributed by atoms with Crippen molar-refractivity contribution in [1.29, 1.82) is 0 Å². The summed E-state index contributed by atoms with van der Waals surface area (Å²) in [6.07, 6.45) is 3.93. The Morgan fingerprint density at radius 2 is 1.96 bits per heavy atom. The highest BCUT2D eigenvalue weighted by Crippen LogP contribution is 2.41. The van der Waals surface area contributed by atoms with Crippen LogP contribution in [0.1, 0.15) is 39.2 Å². The number of aromatic nitrogens is 1. The van der Waals surface area contributed by atoms with Crippen molar-refractivity contribution >= 4 is 17.7 Å². The van der Waals surface area contributed by atoms with Crippen LogP contribution < -0.4 is 0 Å². The third-order valence-electron chi connectivity index (χ3n) is 4.82. The molecule has 0 N–H and O–H groups in total. The summed E-state index contributed by atoms with van der Waals surface area (Å²) in [5, 5.41) is 0.535. The predicted molar refractivity (Wildman–Crippen MR) is 94.0 cm³/mol. The van der Waals surface area contributed by atoms with Gasteiger partial charge in [-0.3, -0.25) is 4.90 Å². The number of carbonyl (C=O) groups is 1. The Labute approximate surface area is 148 Å². The molecule has 132 valence electrons. The number of hydrogen-bond donors (Lipinski definition) is 0. The largest absolute Gasteiger partial charge is 0.444 e. The van der Waals surface area contributed by atoms with Gasteiger partial charge in [0.1, 0.15) is 10.8 Å². The monoisotopic (exact) mass is 351 g/mol. The van der Waals surface area contributed by atoms with E-state index in [9.17, 15) is 4.79 Å². The van der Waals surface area contributed by atoms with E-state index >= 15 is 0 Å². The van der Waals surface area contributed by atoms with Crippen molar-refractivity contribution in [2.75, 3.05) is 26.2 Å². The molecule has 0 unspecified atom stereocenters. The molecule has 2 fully saturated rings. The van der Waals surface area contributed by atoms with Crippen molar-refractivity contribution in [3.63, 3.8) is 0 Å². The lowest BCUT2D eigenvalue weighted by Gasteiger charge is -2.53. The molecule has 0 saturated carbocycles. The third-order valence-corrected chi connectivity index (χ3v) is 5.04. The van der Waals surface area contributed by atoms with Crippen LogP contribution in [-0.4, -0.2) is 52.7 Å². The lowest BCUT2D eigenvalue weighted by Crippen LogP contribution is -2.62.